The number of hydrogen-bond acceptors (Lipinski definition) is 5. The van der Waals surface area contributed by atoms with Crippen LogP contribution in [0.15, 0.2) is 23.1 Å². The molecule has 16 heavy (non-hydrogen) atoms. The van der Waals surface area contributed by atoms with E-state index in [2.05, 4.69) is 36.4 Å². The molecule has 0 aromatic carbocycles. The number of hydrogen-bond donors (Lipinski definition) is 2. The monoisotopic (exact) mass is 282 g/mol. The molecule has 0 spiro atoms. The van der Waals surface area contributed by atoms with Crippen LogP contribution < -0.4 is 11.1 Å². The van der Waals surface area contributed by atoms with Crippen molar-refractivity contribution in [2.75, 3.05) is 11.1 Å². The van der Waals surface area contributed by atoms with Gasteiger partial charge in [-0.25, -0.2) is 4.98 Å². The lowest BCUT2D eigenvalue weighted by Gasteiger charge is -2.07. The van der Waals surface area contributed by atoms with Crippen molar-refractivity contribution in [1.29, 1.82) is 0 Å². The normalized spacial score (nSPS) is 10.4. The third-order valence-electron chi connectivity index (χ3n) is 2.10. The number of nitrogen functional groups attached to an aromatic ring is 1. The Labute approximate surface area is 101 Å². The Hall–Kier alpha value is -1.63. The molecule has 7 heteroatoms. The standard InChI is InChI=1S/C9H11BrN6/c1-16-5-14-15-8(16)4-13-9-7(11)2-6(10)3-12-9/h2-3,5H,4,11H2,1H3,(H,12,13). The molecule has 0 aliphatic carbocycles. The Morgan fingerprint density at radius 1 is 1.56 bits per heavy atom. The molecular weight excluding hydrogens is 272 g/mol. The average molecular weight is 283 g/mol. The molecule has 0 bridgehead atoms. The van der Waals surface area contributed by atoms with Crippen LogP contribution in [0.1, 0.15) is 5.82 Å². The topological polar surface area (TPSA) is 81.7 Å². The molecule has 0 unspecified atom stereocenters. The fourth-order valence-corrected chi connectivity index (χ4v) is 1.58. The van der Waals surface area contributed by atoms with E-state index in [4.69, 9.17) is 5.73 Å². The number of aryl methyl sites for hydroxylation is 1. The van der Waals surface area contributed by atoms with Gasteiger partial charge >= 0.3 is 0 Å². The van der Waals surface area contributed by atoms with Crippen molar-refractivity contribution in [2.24, 2.45) is 7.05 Å². The molecule has 0 aliphatic heterocycles. The Morgan fingerprint density at radius 2 is 2.38 bits per heavy atom. The first-order valence-corrected chi connectivity index (χ1v) is 5.44. The Bertz CT molecular complexity index is 494. The van der Waals surface area contributed by atoms with Gasteiger partial charge in [0.15, 0.2) is 5.82 Å². The van der Waals surface area contributed by atoms with E-state index in [1.54, 1.807) is 18.6 Å². The first kappa shape index (κ1) is 10.9. The Balaban J connectivity index is 2.08. The summed E-state index contributed by atoms with van der Waals surface area (Å²) >= 11 is 3.30. The van der Waals surface area contributed by atoms with Crippen LogP contribution in [0.5, 0.6) is 0 Å². The Kier molecular flexibility index (Phi) is 3.04. The van der Waals surface area contributed by atoms with Gasteiger partial charge in [0, 0.05) is 17.7 Å². The minimum Gasteiger partial charge on any atom is -0.396 e. The van der Waals surface area contributed by atoms with E-state index in [-0.39, 0.29) is 0 Å². The van der Waals surface area contributed by atoms with E-state index in [1.165, 1.54) is 0 Å². The van der Waals surface area contributed by atoms with E-state index in [0.29, 0.717) is 18.1 Å². The number of rotatable bonds is 3. The fourth-order valence-electron chi connectivity index (χ4n) is 1.23. The molecule has 6 nitrogen and oxygen atoms in total. The van der Waals surface area contributed by atoms with Gasteiger partial charge in [-0.05, 0) is 22.0 Å². The van der Waals surface area contributed by atoms with Crippen molar-refractivity contribution in [3.8, 4) is 0 Å². The zero-order valence-corrected chi connectivity index (χ0v) is 10.3. The highest BCUT2D eigenvalue weighted by Crippen LogP contribution is 2.19. The molecule has 0 amide bonds. The number of nitrogens with zero attached hydrogens (tertiary/aromatic N) is 4. The van der Waals surface area contributed by atoms with Crippen LogP contribution in [0.25, 0.3) is 0 Å². The second-order valence-electron chi connectivity index (χ2n) is 3.30. The van der Waals surface area contributed by atoms with Gasteiger partial charge in [0.05, 0.1) is 12.2 Å². The summed E-state index contributed by atoms with van der Waals surface area (Å²) in [7, 11) is 1.88. The van der Waals surface area contributed by atoms with Crippen LogP contribution in [-0.2, 0) is 13.6 Å². The maximum atomic E-state index is 5.80. The molecule has 2 aromatic heterocycles. The van der Waals surface area contributed by atoms with Crippen molar-refractivity contribution in [2.45, 2.75) is 6.54 Å². The molecule has 0 saturated heterocycles. The van der Waals surface area contributed by atoms with Crippen molar-refractivity contribution >= 4 is 27.4 Å². The molecule has 0 aliphatic rings. The molecule has 3 N–H and O–H groups in total. The van der Waals surface area contributed by atoms with Gasteiger partial charge < -0.3 is 15.6 Å². The summed E-state index contributed by atoms with van der Waals surface area (Å²) in [4.78, 5) is 4.17. The van der Waals surface area contributed by atoms with E-state index >= 15 is 0 Å². The van der Waals surface area contributed by atoms with Gasteiger partial charge in [0.2, 0.25) is 0 Å². The van der Waals surface area contributed by atoms with E-state index in [0.717, 1.165) is 10.3 Å². The van der Waals surface area contributed by atoms with Gasteiger partial charge in [0.1, 0.15) is 12.1 Å². The number of nitrogens with two attached hydrogens (primary N) is 1. The van der Waals surface area contributed by atoms with Crippen LogP contribution in [0, 0.1) is 0 Å². The maximum Gasteiger partial charge on any atom is 0.151 e. The number of pyridine rings is 1. The average Bonchev–Trinajstić information content (AvgIpc) is 2.63. The first-order valence-electron chi connectivity index (χ1n) is 4.64. The van der Waals surface area contributed by atoms with Gasteiger partial charge in [-0.3, -0.25) is 0 Å². The zero-order valence-electron chi connectivity index (χ0n) is 8.68. The predicted molar refractivity (Wildman–Crippen MR) is 64.7 cm³/mol. The molecule has 0 fully saturated rings. The van der Waals surface area contributed by atoms with Crippen LogP contribution in [0.3, 0.4) is 0 Å². The van der Waals surface area contributed by atoms with Crippen molar-refractivity contribution in [3.05, 3.63) is 28.9 Å². The highest BCUT2D eigenvalue weighted by molar-refractivity contribution is 9.10. The fraction of sp³-hybridized carbons (Fsp3) is 0.222. The highest BCUT2D eigenvalue weighted by Gasteiger charge is 2.04. The zero-order chi connectivity index (χ0) is 11.5. The van der Waals surface area contributed by atoms with Crippen molar-refractivity contribution < 1.29 is 0 Å². The summed E-state index contributed by atoms with van der Waals surface area (Å²) in [6.45, 7) is 0.537. The third kappa shape index (κ3) is 2.30. The van der Waals surface area contributed by atoms with E-state index < -0.39 is 0 Å². The van der Waals surface area contributed by atoms with Gasteiger partial charge in [-0.2, -0.15) is 0 Å². The highest BCUT2D eigenvalue weighted by atomic mass is 79.9. The predicted octanol–water partition coefficient (Wildman–Crippen LogP) is 1.17. The van der Waals surface area contributed by atoms with Crippen LogP contribution in [0.4, 0.5) is 11.5 Å². The van der Waals surface area contributed by atoms with Crippen LogP contribution >= 0.6 is 15.9 Å². The van der Waals surface area contributed by atoms with E-state index in [9.17, 15) is 0 Å². The minimum atomic E-state index is 0.537. The molecule has 0 saturated carbocycles. The van der Waals surface area contributed by atoms with Gasteiger partial charge in [0.25, 0.3) is 0 Å². The lowest BCUT2D eigenvalue weighted by molar-refractivity contribution is 0.810. The van der Waals surface area contributed by atoms with Crippen LogP contribution in [-0.4, -0.2) is 19.7 Å². The summed E-state index contributed by atoms with van der Waals surface area (Å²) in [6, 6.07) is 1.80. The lowest BCUT2D eigenvalue weighted by atomic mass is 10.4. The summed E-state index contributed by atoms with van der Waals surface area (Å²) in [5.41, 5.74) is 6.40. The molecule has 2 rings (SSSR count). The largest absolute Gasteiger partial charge is 0.396 e. The summed E-state index contributed by atoms with van der Waals surface area (Å²) in [5, 5.41) is 10.8. The molecule has 0 radical (unpaired) electrons. The summed E-state index contributed by atoms with van der Waals surface area (Å²) in [6.07, 6.45) is 3.34. The minimum absolute atomic E-state index is 0.537. The van der Waals surface area contributed by atoms with Gasteiger partial charge in [-0.15, -0.1) is 10.2 Å². The quantitative estimate of drug-likeness (QED) is 0.883. The smallest absolute Gasteiger partial charge is 0.151 e. The van der Waals surface area contributed by atoms with Crippen molar-refractivity contribution in [3.63, 3.8) is 0 Å². The van der Waals surface area contributed by atoms with Gasteiger partial charge in [-0.1, -0.05) is 0 Å². The van der Waals surface area contributed by atoms with Crippen LogP contribution in [0.2, 0.25) is 0 Å². The van der Waals surface area contributed by atoms with E-state index in [1.807, 2.05) is 11.6 Å². The Morgan fingerprint density at radius 3 is 3.00 bits per heavy atom. The first-order chi connectivity index (χ1) is 7.66. The molecule has 2 heterocycles. The summed E-state index contributed by atoms with van der Waals surface area (Å²) in [5.74, 6) is 1.47. The van der Waals surface area contributed by atoms with Crippen molar-refractivity contribution in [1.82, 2.24) is 19.7 Å². The molecular formula is C9H11BrN6. The second kappa shape index (κ2) is 4.48. The number of nitrogens with one attached hydrogen (secondary N) is 1. The lowest BCUT2D eigenvalue weighted by Crippen LogP contribution is -2.08. The SMILES string of the molecule is Cn1cnnc1CNc1ncc(Br)cc1N. The molecule has 84 valence electrons. The molecule has 0 atom stereocenters. The second-order valence-corrected chi connectivity index (χ2v) is 4.22. The number of halogens is 1. The number of aromatic nitrogens is 4. The number of anilines is 2. The molecule has 2 aromatic rings. The third-order valence-corrected chi connectivity index (χ3v) is 2.54. The maximum absolute atomic E-state index is 5.80. The summed E-state index contributed by atoms with van der Waals surface area (Å²) < 4.78 is 2.69.